The Morgan fingerprint density at radius 3 is 2.46 bits per heavy atom. The van der Waals surface area contributed by atoms with Crippen LogP contribution >= 0.6 is 11.6 Å². The van der Waals surface area contributed by atoms with Gasteiger partial charge in [-0.3, -0.25) is 18.3 Å². The first-order valence-electron chi connectivity index (χ1n) is 7.85. The summed E-state index contributed by atoms with van der Waals surface area (Å²) in [5, 5.41) is 0.976. The van der Waals surface area contributed by atoms with Crippen LogP contribution in [0, 0.1) is 0 Å². The van der Waals surface area contributed by atoms with Crippen molar-refractivity contribution in [1.82, 2.24) is 18.5 Å². The molecular formula is C18H14ClN5O2. The van der Waals surface area contributed by atoms with Gasteiger partial charge >= 0.3 is 5.69 Å². The average Bonchev–Trinajstić information content (AvgIpc) is 2.66. The van der Waals surface area contributed by atoms with Gasteiger partial charge in [0, 0.05) is 25.3 Å². The second-order valence-corrected chi connectivity index (χ2v) is 6.30. The number of nitrogens with zero attached hydrogens (tertiary/aromatic N) is 5. The van der Waals surface area contributed by atoms with Crippen molar-refractivity contribution in [3.05, 3.63) is 80.1 Å². The van der Waals surface area contributed by atoms with Crippen LogP contribution < -0.4 is 16.9 Å². The molecule has 0 unspecified atom stereocenters. The SMILES string of the molecule is Cn1c(=O)c2c(nc(=Nc3ccc(Cl)cc3)n3ccccc23)n(C)c1=O. The van der Waals surface area contributed by atoms with Gasteiger partial charge in [-0.05, 0) is 36.4 Å². The van der Waals surface area contributed by atoms with Crippen molar-refractivity contribution in [2.75, 3.05) is 0 Å². The molecule has 0 atom stereocenters. The molecule has 130 valence electrons. The molecule has 8 heteroatoms. The van der Waals surface area contributed by atoms with Crippen LogP contribution in [0.1, 0.15) is 0 Å². The van der Waals surface area contributed by atoms with Crippen molar-refractivity contribution in [1.29, 1.82) is 0 Å². The van der Waals surface area contributed by atoms with Crippen LogP contribution in [0.3, 0.4) is 0 Å². The average molecular weight is 368 g/mol. The normalized spacial score (nSPS) is 12.2. The van der Waals surface area contributed by atoms with E-state index < -0.39 is 11.2 Å². The smallest absolute Gasteiger partial charge is 0.285 e. The molecule has 3 heterocycles. The first-order chi connectivity index (χ1) is 12.5. The van der Waals surface area contributed by atoms with Crippen molar-refractivity contribution >= 4 is 33.8 Å². The lowest BCUT2D eigenvalue weighted by atomic mass is 10.2. The van der Waals surface area contributed by atoms with E-state index in [0.29, 0.717) is 27.2 Å². The molecule has 4 aromatic rings. The topological polar surface area (TPSA) is 73.7 Å². The van der Waals surface area contributed by atoms with Gasteiger partial charge in [-0.15, -0.1) is 0 Å². The predicted octanol–water partition coefficient (Wildman–Crippen LogP) is 1.77. The van der Waals surface area contributed by atoms with Gasteiger partial charge in [-0.1, -0.05) is 17.7 Å². The minimum absolute atomic E-state index is 0.289. The second kappa shape index (κ2) is 5.96. The van der Waals surface area contributed by atoms with Crippen LogP contribution in [-0.4, -0.2) is 18.5 Å². The van der Waals surface area contributed by atoms with E-state index in [1.54, 1.807) is 48.0 Å². The molecule has 7 nitrogen and oxygen atoms in total. The Morgan fingerprint density at radius 2 is 1.73 bits per heavy atom. The number of hydrogen-bond donors (Lipinski definition) is 0. The first-order valence-corrected chi connectivity index (χ1v) is 8.22. The highest BCUT2D eigenvalue weighted by molar-refractivity contribution is 6.30. The van der Waals surface area contributed by atoms with Crippen LogP contribution in [-0.2, 0) is 14.1 Å². The monoisotopic (exact) mass is 367 g/mol. The molecule has 0 aliphatic rings. The molecule has 0 fully saturated rings. The lowest BCUT2D eigenvalue weighted by Crippen LogP contribution is -2.39. The molecule has 1 aromatic carbocycles. The maximum absolute atomic E-state index is 12.7. The zero-order valence-electron chi connectivity index (χ0n) is 14.0. The van der Waals surface area contributed by atoms with E-state index >= 15 is 0 Å². The van der Waals surface area contributed by atoms with E-state index in [0.717, 1.165) is 4.57 Å². The highest BCUT2D eigenvalue weighted by Crippen LogP contribution is 2.16. The summed E-state index contributed by atoms with van der Waals surface area (Å²) in [6.45, 7) is 0. The summed E-state index contributed by atoms with van der Waals surface area (Å²) >= 11 is 5.92. The fraction of sp³-hybridized carbons (Fsp3) is 0.111. The van der Waals surface area contributed by atoms with Gasteiger partial charge in [0.2, 0.25) is 5.62 Å². The quantitative estimate of drug-likeness (QED) is 0.481. The molecule has 0 N–H and O–H groups in total. The van der Waals surface area contributed by atoms with Gasteiger partial charge in [0.05, 0.1) is 11.2 Å². The van der Waals surface area contributed by atoms with Crippen LogP contribution in [0.25, 0.3) is 16.6 Å². The lowest BCUT2D eigenvalue weighted by molar-refractivity contribution is 0.703. The number of pyridine rings is 1. The predicted molar refractivity (Wildman–Crippen MR) is 99.9 cm³/mol. The Hall–Kier alpha value is -3.19. The van der Waals surface area contributed by atoms with Crippen molar-refractivity contribution in [2.24, 2.45) is 19.1 Å². The van der Waals surface area contributed by atoms with Gasteiger partial charge in [0.15, 0.2) is 5.65 Å². The van der Waals surface area contributed by atoms with Crippen molar-refractivity contribution in [3.8, 4) is 0 Å². The number of hydrogen-bond acceptors (Lipinski definition) is 4. The summed E-state index contributed by atoms with van der Waals surface area (Å²) in [6, 6.07) is 12.5. The molecule has 0 amide bonds. The molecular weight excluding hydrogens is 354 g/mol. The first kappa shape index (κ1) is 16.3. The van der Waals surface area contributed by atoms with E-state index in [1.807, 2.05) is 12.1 Å². The Morgan fingerprint density at radius 1 is 1.00 bits per heavy atom. The Balaban J connectivity index is 2.23. The lowest BCUT2D eigenvalue weighted by Gasteiger charge is -2.10. The molecule has 0 saturated heterocycles. The zero-order valence-corrected chi connectivity index (χ0v) is 14.8. The molecule has 4 rings (SSSR count). The van der Waals surface area contributed by atoms with E-state index in [-0.39, 0.29) is 5.65 Å². The third-order valence-electron chi connectivity index (χ3n) is 4.23. The van der Waals surface area contributed by atoms with Crippen LogP contribution in [0.2, 0.25) is 5.02 Å². The summed E-state index contributed by atoms with van der Waals surface area (Å²) in [6.07, 6.45) is 1.78. The Kier molecular flexibility index (Phi) is 3.73. The molecule has 0 spiro atoms. The number of aromatic nitrogens is 4. The van der Waals surface area contributed by atoms with Gasteiger partial charge in [0.1, 0.15) is 5.39 Å². The maximum atomic E-state index is 12.7. The molecule has 0 saturated carbocycles. The molecule has 26 heavy (non-hydrogen) atoms. The summed E-state index contributed by atoms with van der Waals surface area (Å²) < 4.78 is 4.15. The van der Waals surface area contributed by atoms with E-state index in [4.69, 9.17) is 11.6 Å². The van der Waals surface area contributed by atoms with Crippen LogP contribution in [0.15, 0.2) is 63.2 Å². The highest BCUT2D eigenvalue weighted by atomic mass is 35.5. The second-order valence-electron chi connectivity index (χ2n) is 5.86. The van der Waals surface area contributed by atoms with Gasteiger partial charge < -0.3 is 0 Å². The summed E-state index contributed by atoms with van der Waals surface area (Å²) in [7, 11) is 3.04. The van der Waals surface area contributed by atoms with E-state index in [9.17, 15) is 9.59 Å². The van der Waals surface area contributed by atoms with Crippen LogP contribution in [0.4, 0.5) is 5.69 Å². The Labute approximate surface area is 152 Å². The largest absolute Gasteiger partial charge is 0.332 e. The number of rotatable bonds is 1. The minimum atomic E-state index is -0.437. The van der Waals surface area contributed by atoms with Crippen molar-refractivity contribution in [2.45, 2.75) is 0 Å². The standard InChI is InChI=1S/C18H14ClN5O2/c1-22-15-14(16(25)23(2)18(22)26)13-5-3-4-10-24(13)17(21-15)20-12-8-6-11(19)7-9-12/h3-10H,1-2H3. The molecule has 0 radical (unpaired) electrons. The fourth-order valence-corrected chi connectivity index (χ4v) is 2.99. The fourth-order valence-electron chi connectivity index (χ4n) is 2.87. The van der Waals surface area contributed by atoms with Crippen molar-refractivity contribution in [3.63, 3.8) is 0 Å². The zero-order chi connectivity index (χ0) is 18.4. The van der Waals surface area contributed by atoms with Gasteiger partial charge in [-0.2, -0.15) is 4.98 Å². The summed E-state index contributed by atoms with van der Waals surface area (Å²) in [5.41, 5.74) is 1.11. The Bertz CT molecular complexity index is 1350. The molecule has 0 bridgehead atoms. The summed E-state index contributed by atoms with van der Waals surface area (Å²) in [4.78, 5) is 34.0. The molecule has 0 aliphatic heterocycles. The number of fused-ring (bicyclic) bond motifs is 3. The molecule has 0 aliphatic carbocycles. The van der Waals surface area contributed by atoms with Gasteiger partial charge in [0.25, 0.3) is 5.56 Å². The number of aryl methyl sites for hydroxylation is 1. The molecule has 3 aromatic heterocycles. The van der Waals surface area contributed by atoms with Crippen LogP contribution in [0.5, 0.6) is 0 Å². The van der Waals surface area contributed by atoms with Crippen molar-refractivity contribution < 1.29 is 0 Å². The van der Waals surface area contributed by atoms with Gasteiger partial charge in [-0.25, -0.2) is 9.79 Å². The van der Waals surface area contributed by atoms with E-state index in [2.05, 4.69) is 9.98 Å². The minimum Gasteiger partial charge on any atom is -0.285 e. The number of halogens is 1. The highest BCUT2D eigenvalue weighted by Gasteiger charge is 2.14. The maximum Gasteiger partial charge on any atom is 0.332 e. The number of benzene rings is 1. The van der Waals surface area contributed by atoms with E-state index in [1.165, 1.54) is 11.6 Å². The summed E-state index contributed by atoms with van der Waals surface area (Å²) in [5.74, 6) is 0. The third-order valence-corrected chi connectivity index (χ3v) is 4.48. The third kappa shape index (κ3) is 2.44.